The Balaban J connectivity index is 0.844. The van der Waals surface area contributed by atoms with Crippen molar-refractivity contribution in [1.29, 1.82) is 0 Å². The molecule has 0 aliphatic rings. The van der Waals surface area contributed by atoms with E-state index >= 15 is 0 Å². The van der Waals surface area contributed by atoms with E-state index in [1.807, 2.05) is 6.20 Å². The molecular formula is C65H53N5. The molecule has 5 heterocycles. The van der Waals surface area contributed by atoms with Crippen LogP contribution >= 0.6 is 0 Å². The zero-order valence-corrected chi connectivity index (χ0v) is 40.1. The quantitative estimate of drug-likeness (QED) is 0.130. The van der Waals surface area contributed by atoms with Crippen LogP contribution < -0.4 is 0 Å². The van der Waals surface area contributed by atoms with E-state index in [-0.39, 0.29) is 0 Å². The van der Waals surface area contributed by atoms with Gasteiger partial charge in [0.05, 0.1) is 17.1 Å². The van der Waals surface area contributed by atoms with E-state index in [0.717, 1.165) is 65.2 Å². The minimum absolute atomic E-state index is 0.936. The summed E-state index contributed by atoms with van der Waals surface area (Å²) in [6.07, 6.45) is 10.0. The Kier molecular flexibility index (Phi) is 11.0. The summed E-state index contributed by atoms with van der Waals surface area (Å²) in [7, 11) is 0. The molecule has 0 aliphatic carbocycles. The van der Waals surface area contributed by atoms with Gasteiger partial charge in [0.1, 0.15) is 11.3 Å². The van der Waals surface area contributed by atoms with E-state index in [1.165, 1.54) is 94.1 Å². The molecule has 0 amide bonds. The molecule has 12 aromatic rings. The molecule has 0 saturated heterocycles. The number of pyridine rings is 3. The highest BCUT2D eigenvalue weighted by Crippen LogP contribution is 2.36. The molecule has 0 N–H and O–H groups in total. The van der Waals surface area contributed by atoms with Crippen molar-refractivity contribution in [2.45, 2.75) is 53.4 Å². The van der Waals surface area contributed by atoms with Gasteiger partial charge in [-0.3, -0.25) is 4.98 Å². The molecule has 0 aliphatic heterocycles. The molecule has 0 fully saturated rings. The average Bonchev–Trinajstić information content (AvgIpc) is 3.88. The molecule has 70 heavy (non-hydrogen) atoms. The van der Waals surface area contributed by atoms with Crippen LogP contribution in [0.25, 0.3) is 88.6 Å². The van der Waals surface area contributed by atoms with Gasteiger partial charge < -0.3 is 8.80 Å². The Morgan fingerprint density at radius 2 is 0.829 bits per heavy atom. The Hall–Kier alpha value is -8.41. The first-order valence-electron chi connectivity index (χ1n) is 24.5. The second-order valence-corrected chi connectivity index (χ2v) is 19.0. The number of imidazole rings is 2. The number of fused-ring (bicyclic) bond motifs is 6. The normalized spacial score (nSPS) is 11.7. The van der Waals surface area contributed by atoms with Crippen molar-refractivity contribution < 1.29 is 0 Å². The van der Waals surface area contributed by atoms with Crippen LogP contribution in [0, 0.1) is 27.7 Å². The topological polar surface area (TPSA) is 47.5 Å². The summed E-state index contributed by atoms with van der Waals surface area (Å²) >= 11 is 0. The van der Waals surface area contributed by atoms with E-state index in [9.17, 15) is 0 Å². The van der Waals surface area contributed by atoms with E-state index in [0.29, 0.717) is 0 Å². The lowest BCUT2D eigenvalue weighted by Gasteiger charge is -2.15. The van der Waals surface area contributed by atoms with Crippen LogP contribution in [0.5, 0.6) is 0 Å². The van der Waals surface area contributed by atoms with Gasteiger partial charge >= 0.3 is 0 Å². The number of aromatic nitrogens is 5. The van der Waals surface area contributed by atoms with Crippen molar-refractivity contribution in [3.63, 3.8) is 0 Å². The highest BCUT2D eigenvalue weighted by molar-refractivity contribution is 5.95. The van der Waals surface area contributed by atoms with Gasteiger partial charge in [-0.1, -0.05) is 158 Å². The molecule has 0 unspecified atom stereocenters. The fourth-order valence-electron chi connectivity index (χ4n) is 10.4. The minimum Gasteiger partial charge on any atom is -0.304 e. The molecule has 5 nitrogen and oxygen atoms in total. The maximum Gasteiger partial charge on any atom is 0.145 e. The predicted molar refractivity (Wildman–Crippen MR) is 291 cm³/mol. The standard InChI is InChI=1S/C65H53N5/c1-42-44(3)69-34-31-56-37-46(18-28-61(56)64(69)67-42)14-16-48-36-49(17-15-47-19-29-62-57(38-47)32-35-70-45(4)43(2)68-65(62)70)40-58(39-48)60-13-9-8-12-59(60)53-24-26-54(27-25-53)63-41-55(30-33-66-63)52-22-20-51(21-23-52)50-10-6-5-7-11-50/h5-13,18-41H,14-17H2,1-4H3. The maximum absolute atomic E-state index is 4.91. The third-order valence-electron chi connectivity index (χ3n) is 14.6. The van der Waals surface area contributed by atoms with E-state index < -0.39 is 0 Å². The van der Waals surface area contributed by atoms with Gasteiger partial charge in [0, 0.05) is 46.3 Å². The van der Waals surface area contributed by atoms with Crippen LogP contribution in [0.4, 0.5) is 0 Å². The first kappa shape index (κ1) is 42.9. The first-order chi connectivity index (χ1) is 34.3. The lowest BCUT2D eigenvalue weighted by atomic mass is 9.89. The Morgan fingerprint density at radius 3 is 1.40 bits per heavy atom. The maximum atomic E-state index is 4.91. The van der Waals surface area contributed by atoms with Gasteiger partial charge in [0.25, 0.3) is 0 Å². The second kappa shape index (κ2) is 17.9. The van der Waals surface area contributed by atoms with Gasteiger partial charge in [-0.15, -0.1) is 0 Å². The number of hydrogen-bond acceptors (Lipinski definition) is 3. The molecule has 0 bridgehead atoms. The first-order valence-corrected chi connectivity index (χ1v) is 24.5. The Bertz CT molecular complexity index is 3770. The fraction of sp³-hybridized carbons (Fsp3) is 0.123. The highest BCUT2D eigenvalue weighted by Gasteiger charge is 2.14. The molecule has 7 aromatic carbocycles. The average molecular weight is 904 g/mol. The lowest BCUT2D eigenvalue weighted by Crippen LogP contribution is -1.98. The van der Waals surface area contributed by atoms with Gasteiger partial charge in [-0.05, 0) is 155 Å². The van der Waals surface area contributed by atoms with Crippen LogP contribution in [0.3, 0.4) is 0 Å². The summed E-state index contributed by atoms with van der Waals surface area (Å²) in [5.74, 6) is 0. The molecule has 0 spiro atoms. The molecule has 0 saturated carbocycles. The summed E-state index contributed by atoms with van der Waals surface area (Å²) in [5, 5.41) is 4.85. The molecule has 0 atom stereocenters. The number of hydrogen-bond donors (Lipinski definition) is 0. The lowest BCUT2D eigenvalue weighted by molar-refractivity contribution is 0.933. The van der Waals surface area contributed by atoms with Crippen molar-refractivity contribution in [1.82, 2.24) is 23.8 Å². The molecule has 0 radical (unpaired) electrons. The number of nitrogens with zero attached hydrogens (tertiary/aromatic N) is 5. The van der Waals surface area contributed by atoms with Crippen molar-refractivity contribution >= 4 is 32.8 Å². The predicted octanol–water partition coefficient (Wildman–Crippen LogP) is 15.8. The largest absolute Gasteiger partial charge is 0.304 e. The SMILES string of the molecule is Cc1nc2c3ccc(CCc4cc(CCc5ccc6c(ccn7c(C)c(C)nc67)c5)cc(-c5ccccc5-c5ccc(-c6cc(-c7ccc(-c8ccccc8)cc7)ccn6)cc5)c4)cc3ccn2c1C. The molecule has 5 aromatic heterocycles. The van der Waals surface area contributed by atoms with E-state index in [4.69, 9.17) is 15.0 Å². The Morgan fingerprint density at radius 1 is 0.357 bits per heavy atom. The summed E-state index contributed by atoms with van der Waals surface area (Å²) in [4.78, 5) is 14.6. The number of rotatable bonds is 11. The molecule has 338 valence electrons. The molecule has 5 heteroatoms. The highest BCUT2D eigenvalue weighted by atomic mass is 15.0. The molecular weight excluding hydrogens is 851 g/mol. The second-order valence-electron chi connectivity index (χ2n) is 19.0. The monoisotopic (exact) mass is 903 g/mol. The third kappa shape index (κ3) is 8.13. The van der Waals surface area contributed by atoms with Crippen LogP contribution in [0.15, 0.2) is 201 Å². The third-order valence-corrected chi connectivity index (χ3v) is 14.6. The van der Waals surface area contributed by atoms with Crippen molar-refractivity contribution in [2.24, 2.45) is 0 Å². The summed E-state index contributed by atoms with van der Waals surface area (Å²) in [6.45, 7) is 8.46. The van der Waals surface area contributed by atoms with Gasteiger partial charge in [0.2, 0.25) is 0 Å². The van der Waals surface area contributed by atoms with Gasteiger partial charge in [-0.2, -0.15) is 0 Å². The van der Waals surface area contributed by atoms with Crippen LogP contribution in [0.2, 0.25) is 0 Å². The smallest absolute Gasteiger partial charge is 0.145 e. The Labute approximate surface area is 409 Å². The van der Waals surface area contributed by atoms with Crippen molar-refractivity contribution in [3.05, 3.63) is 246 Å². The van der Waals surface area contributed by atoms with Crippen molar-refractivity contribution in [3.8, 4) is 55.8 Å². The van der Waals surface area contributed by atoms with Crippen LogP contribution in [-0.4, -0.2) is 23.8 Å². The van der Waals surface area contributed by atoms with Gasteiger partial charge in [0.15, 0.2) is 0 Å². The van der Waals surface area contributed by atoms with Crippen LogP contribution in [-0.2, 0) is 25.7 Å². The summed E-state index contributed by atoms with van der Waals surface area (Å²) in [6, 6.07) is 67.0. The van der Waals surface area contributed by atoms with Gasteiger partial charge in [-0.25, -0.2) is 9.97 Å². The zero-order chi connectivity index (χ0) is 47.3. The van der Waals surface area contributed by atoms with Crippen LogP contribution in [0.1, 0.15) is 45.0 Å². The summed E-state index contributed by atoms with van der Waals surface area (Å²) < 4.78 is 4.41. The minimum atomic E-state index is 0.936. The zero-order valence-electron chi connectivity index (χ0n) is 40.1. The fourth-order valence-corrected chi connectivity index (χ4v) is 10.4. The van der Waals surface area contributed by atoms with E-state index in [1.54, 1.807) is 0 Å². The molecule has 12 rings (SSSR count). The van der Waals surface area contributed by atoms with E-state index in [2.05, 4.69) is 231 Å². The summed E-state index contributed by atoms with van der Waals surface area (Å²) in [5.41, 5.74) is 23.6. The number of benzene rings is 7. The van der Waals surface area contributed by atoms with Crippen molar-refractivity contribution in [2.75, 3.05) is 0 Å². The number of aryl methyl sites for hydroxylation is 8.